The van der Waals surface area contributed by atoms with Crippen LogP contribution in [0.2, 0.25) is 0 Å². The van der Waals surface area contributed by atoms with E-state index in [9.17, 15) is 4.79 Å². The monoisotopic (exact) mass is 213 g/mol. The molecule has 1 N–H and O–H groups in total. The highest BCUT2D eigenvalue weighted by Crippen LogP contribution is 2.26. The number of carbonyl (C=O) groups is 1. The number of aromatic amines is 1. The zero-order chi connectivity index (χ0) is 11.0. The summed E-state index contributed by atoms with van der Waals surface area (Å²) < 4.78 is 5.24. The van der Waals surface area contributed by atoms with Crippen LogP contribution in [0.4, 0.5) is 0 Å². The molecule has 0 unspecified atom stereocenters. The number of carbonyl (C=O) groups excluding carboxylic acids is 1. The maximum Gasteiger partial charge on any atom is 0.153 e. The zero-order valence-corrected chi connectivity index (χ0v) is 8.18. The molecule has 5 heteroatoms. The van der Waals surface area contributed by atoms with Gasteiger partial charge in [0.25, 0.3) is 0 Å². The van der Waals surface area contributed by atoms with Gasteiger partial charge in [-0.05, 0) is 18.2 Å². The highest BCUT2D eigenvalue weighted by molar-refractivity contribution is 5.97. The number of nitrogens with one attached hydrogen (secondary N) is 1. The van der Waals surface area contributed by atoms with Gasteiger partial charge in [-0.25, -0.2) is 0 Å². The van der Waals surface area contributed by atoms with E-state index in [1.54, 1.807) is 18.5 Å². The predicted molar refractivity (Wildman–Crippen MR) is 57.0 cm³/mol. The van der Waals surface area contributed by atoms with E-state index < -0.39 is 0 Å². The minimum atomic E-state index is 0.514. The van der Waals surface area contributed by atoms with Gasteiger partial charge in [0.15, 0.2) is 6.29 Å². The number of hydrogen-bond acceptors (Lipinski definition) is 4. The van der Waals surface area contributed by atoms with E-state index in [1.807, 2.05) is 12.1 Å². The van der Waals surface area contributed by atoms with Crippen molar-refractivity contribution < 1.29 is 9.21 Å². The number of aromatic nitrogens is 3. The first kappa shape index (κ1) is 8.84. The molecule has 2 heterocycles. The molecule has 3 rings (SSSR count). The number of fused-ring (bicyclic) bond motifs is 1. The third-order valence-corrected chi connectivity index (χ3v) is 2.42. The molecule has 0 saturated carbocycles. The fourth-order valence-corrected chi connectivity index (χ4v) is 1.69. The molecule has 0 saturated heterocycles. The highest BCUT2D eigenvalue weighted by Gasteiger charge is 2.09. The van der Waals surface area contributed by atoms with Crippen LogP contribution in [0.5, 0.6) is 0 Å². The molecule has 0 fully saturated rings. The number of H-pyrrole nitrogens is 1. The van der Waals surface area contributed by atoms with Crippen LogP contribution in [-0.4, -0.2) is 21.7 Å². The zero-order valence-electron chi connectivity index (χ0n) is 8.18. The van der Waals surface area contributed by atoms with Crippen LogP contribution in [0.25, 0.3) is 22.2 Å². The average molecular weight is 213 g/mol. The SMILES string of the molecule is O=Cc1cc(-c2cn[nH]n2)cc2ccoc12. The second-order valence-corrected chi connectivity index (χ2v) is 3.38. The summed E-state index contributed by atoms with van der Waals surface area (Å²) in [6.07, 6.45) is 3.94. The van der Waals surface area contributed by atoms with Crippen molar-refractivity contribution in [1.29, 1.82) is 0 Å². The van der Waals surface area contributed by atoms with Gasteiger partial charge in [0.05, 0.1) is 18.0 Å². The molecule has 16 heavy (non-hydrogen) atoms. The lowest BCUT2D eigenvalue weighted by molar-refractivity contribution is 0.112. The number of hydrogen-bond donors (Lipinski definition) is 1. The first-order valence-electron chi connectivity index (χ1n) is 4.71. The topological polar surface area (TPSA) is 71.8 Å². The third-order valence-electron chi connectivity index (χ3n) is 2.42. The lowest BCUT2D eigenvalue weighted by atomic mass is 10.1. The summed E-state index contributed by atoms with van der Waals surface area (Å²) >= 11 is 0. The van der Waals surface area contributed by atoms with Crippen molar-refractivity contribution in [2.75, 3.05) is 0 Å². The molecule has 78 valence electrons. The Morgan fingerprint density at radius 2 is 2.31 bits per heavy atom. The van der Waals surface area contributed by atoms with Crippen molar-refractivity contribution in [2.24, 2.45) is 0 Å². The van der Waals surface area contributed by atoms with Crippen molar-refractivity contribution >= 4 is 17.3 Å². The Labute approximate surface area is 90.1 Å². The number of nitrogens with zero attached hydrogens (tertiary/aromatic N) is 2. The van der Waals surface area contributed by atoms with Crippen molar-refractivity contribution in [1.82, 2.24) is 15.4 Å². The Morgan fingerprint density at radius 1 is 1.38 bits per heavy atom. The van der Waals surface area contributed by atoms with E-state index in [0.717, 1.165) is 17.2 Å². The summed E-state index contributed by atoms with van der Waals surface area (Å²) in [5.74, 6) is 0. The lowest BCUT2D eigenvalue weighted by Crippen LogP contribution is -1.84. The van der Waals surface area contributed by atoms with E-state index >= 15 is 0 Å². The fraction of sp³-hybridized carbons (Fsp3) is 0. The second-order valence-electron chi connectivity index (χ2n) is 3.38. The van der Waals surface area contributed by atoms with Crippen LogP contribution in [0.1, 0.15) is 10.4 Å². The standard InChI is InChI=1S/C11H7N3O2/c15-6-9-4-8(10-5-12-14-13-10)3-7-1-2-16-11(7)9/h1-6H,(H,12,13,14). The van der Waals surface area contributed by atoms with Crippen LogP contribution >= 0.6 is 0 Å². The van der Waals surface area contributed by atoms with E-state index in [0.29, 0.717) is 16.8 Å². The van der Waals surface area contributed by atoms with Crippen molar-refractivity contribution in [3.63, 3.8) is 0 Å². The summed E-state index contributed by atoms with van der Waals surface area (Å²) in [6.45, 7) is 0. The van der Waals surface area contributed by atoms with Gasteiger partial charge >= 0.3 is 0 Å². The molecule has 2 aromatic heterocycles. The van der Waals surface area contributed by atoms with Crippen LogP contribution in [0.3, 0.4) is 0 Å². The number of rotatable bonds is 2. The molecule has 0 radical (unpaired) electrons. The van der Waals surface area contributed by atoms with Crippen molar-refractivity contribution in [3.05, 3.63) is 36.2 Å². The summed E-state index contributed by atoms with van der Waals surface area (Å²) in [7, 11) is 0. The Morgan fingerprint density at radius 3 is 3.06 bits per heavy atom. The van der Waals surface area contributed by atoms with Gasteiger partial charge in [-0.3, -0.25) is 4.79 Å². The quantitative estimate of drug-likeness (QED) is 0.661. The molecule has 1 aromatic carbocycles. The number of benzene rings is 1. The lowest BCUT2D eigenvalue weighted by Gasteiger charge is -1.98. The summed E-state index contributed by atoms with van der Waals surface area (Å²) in [5, 5.41) is 11.1. The van der Waals surface area contributed by atoms with Gasteiger partial charge < -0.3 is 4.42 Å². The molecule has 0 bridgehead atoms. The average Bonchev–Trinajstić information content (AvgIpc) is 2.97. The Balaban J connectivity index is 2.31. The predicted octanol–water partition coefficient (Wildman–Crippen LogP) is 2.03. The summed E-state index contributed by atoms with van der Waals surface area (Å²) in [4.78, 5) is 10.9. The Bertz CT molecular complexity index is 640. The maximum atomic E-state index is 10.9. The van der Waals surface area contributed by atoms with Crippen LogP contribution < -0.4 is 0 Å². The molecular weight excluding hydrogens is 206 g/mol. The Kier molecular flexibility index (Phi) is 1.83. The van der Waals surface area contributed by atoms with Gasteiger partial charge in [0.2, 0.25) is 0 Å². The largest absolute Gasteiger partial charge is 0.464 e. The van der Waals surface area contributed by atoms with E-state index in [4.69, 9.17) is 4.42 Å². The highest BCUT2D eigenvalue weighted by atomic mass is 16.3. The molecule has 0 spiro atoms. The van der Waals surface area contributed by atoms with Crippen molar-refractivity contribution in [2.45, 2.75) is 0 Å². The summed E-state index contributed by atoms with van der Waals surface area (Å²) in [5.41, 5.74) is 2.65. The molecule has 0 aliphatic carbocycles. The van der Waals surface area contributed by atoms with Gasteiger partial charge in [-0.1, -0.05) is 0 Å². The van der Waals surface area contributed by atoms with Gasteiger partial charge in [-0.2, -0.15) is 15.4 Å². The molecule has 0 amide bonds. The first-order chi connectivity index (χ1) is 7.88. The smallest absolute Gasteiger partial charge is 0.153 e. The summed E-state index contributed by atoms with van der Waals surface area (Å²) in [6, 6.07) is 5.45. The molecule has 3 aromatic rings. The van der Waals surface area contributed by atoms with E-state index in [-0.39, 0.29) is 0 Å². The molecule has 5 nitrogen and oxygen atoms in total. The molecule has 0 atom stereocenters. The van der Waals surface area contributed by atoms with E-state index in [1.165, 1.54) is 0 Å². The maximum absolute atomic E-state index is 10.9. The molecule has 0 aliphatic rings. The van der Waals surface area contributed by atoms with Gasteiger partial charge in [-0.15, -0.1) is 0 Å². The molecule has 0 aliphatic heterocycles. The first-order valence-corrected chi connectivity index (χ1v) is 4.71. The fourth-order valence-electron chi connectivity index (χ4n) is 1.69. The number of furan rings is 1. The van der Waals surface area contributed by atoms with Crippen LogP contribution in [-0.2, 0) is 0 Å². The minimum absolute atomic E-state index is 0.514. The second kappa shape index (κ2) is 3.30. The van der Waals surface area contributed by atoms with E-state index in [2.05, 4.69) is 15.4 Å². The Hall–Kier alpha value is -2.43. The van der Waals surface area contributed by atoms with Crippen LogP contribution in [0, 0.1) is 0 Å². The minimum Gasteiger partial charge on any atom is -0.464 e. The number of aldehydes is 1. The normalized spacial score (nSPS) is 10.8. The van der Waals surface area contributed by atoms with Crippen molar-refractivity contribution in [3.8, 4) is 11.3 Å². The van der Waals surface area contributed by atoms with Crippen LogP contribution in [0.15, 0.2) is 35.1 Å². The van der Waals surface area contributed by atoms with Gasteiger partial charge in [0, 0.05) is 10.9 Å². The third kappa shape index (κ3) is 1.22. The molecular formula is C11H7N3O2. The van der Waals surface area contributed by atoms with Gasteiger partial charge in [0.1, 0.15) is 11.3 Å².